The summed E-state index contributed by atoms with van der Waals surface area (Å²) in [6, 6.07) is 10.6. The lowest BCUT2D eigenvalue weighted by molar-refractivity contribution is 0.233. The zero-order chi connectivity index (χ0) is 11.1. The Labute approximate surface area is 92.3 Å². The Bertz CT molecular complexity index is 260. The largest absolute Gasteiger partial charge is 0.394 e. The molecule has 15 heavy (non-hydrogen) atoms. The maximum Gasteiger partial charge on any atom is 0.0626 e. The van der Waals surface area contributed by atoms with Crippen LogP contribution >= 0.6 is 0 Å². The van der Waals surface area contributed by atoms with Crippen molar-refractivity contribution < 1.29 is 5.11 Å². The molecule has 0 amide bonds. The molecular formula is C13H21NO. The molecule has 1 aromatic carbocycles. The number of aliphatic hydroxyl groups is 1. The van der Waals surface area contributed by atoms with Gasteiger partial charge in [-0.3, -0.25) is 0 Å². The third-order valence-corrected chi connectivity index (χ3v) is 2.59. The van der Waals surface area contributed by atoms with E-state index in [0.29, 0.717) is 6.04 Å². The molecule has 0 spiro atoms. The van der Waals surface area contributed by atoms with Gasteiger partial charge in [-0.25, -0.2) is 0 Å². The molecule has 0 unspecified atom stereocenters. The van der Waals surface area contributed by atoms with Crippen LogP contribution in [-0.4, -0.2) is 17.8 Å². The molecule has 0 aliphatic rings. The Morgan fingerprint density at radius 3 is 2.47 bits per heavy atom. The number of benzene rings is 1. The van der Waals surface area contributed by atoms with Crippen LogP contribution in [0.4, 0.5) is 0 Å². The number of rotatable bonds is 6. The lowest BCUT2D eigenvalue weighted by Gasteiger charge is -2.21. The predicted molar refractivity (Wildman–Crippen MR) is 63.8 cm³/mol. The molecule has 0 heterocycles. The zero-order valence-corrected chi connectivity index (χ0v) is 9.61. The monoisotopic (exact) mass is 207 g/mol. The molecule has 0 aliphatic heterocycles. The summed E-state index contributed by atoms with van der Waals surface area (Å²) in [5.41, 5.74) is 1.16. The van der Waals surface area contributed by atoms with Crippen LogP contribution < -0.4 is 5.32 Å². The van der Waals surface area contributed by atoms with E-state index in [1.54, 1.807) is 0 Å². The van der Waals surface area contributed by atoms with E-state index in [2.05, 4.69) is 19.2 Å². The standard InChI is InChI=1S/C13H21NO/c1-3-7-11(2)14-13(10-15)12-8-5-4-6-9-12/h4-6,8-9,11,13-15H,3,7,10H2,1-2H3/t11-,13+/m1/s1. The summed E-state index contributed by atoms with van der Waals surface area (Å²) in [6.45, 7) is 4.49. The molecule has 84 valence electrons. The van der Waals surface area contributed by atoms with Crippen LogP contribution in [0.25, 0.3) is 0 Å². The van der Waals surface area contributed by atoms with E-state index < -0.39 is 0 Å². The Morgan fingerprint density at radius 2 is 1.93 bits per heavy atom. The van der Waals surface area contributed by atoms with Crippen molar-refractivity contribution in [3.63, 3.8) is 0 Å². The van der Waals surface area contributed by atoms with Gasteiger partial charge in [-0.15, -0.1) is 0 Å². The first kappa shape index (κ1) is 12.2. The molecular weight excluding hydrogens is 186 g/mol. The smallest absolute Gasteiger partial charge is 0.0626 e. The highest BCUT2D eigenvalue weighted by Gasteiger charge is 2.11. The third kappa shape index (κ3) is 4.02. The molecule has 2 N–H and O–H groups in total. The molecule has 0 fully saturated rings. The minimum Gasteiger partial charge on any atom is -0.394 e. The summed E-state index contributed by atoms with van der Waals surface area (Å²) >= 11 is 0. The molecule has 0 bridgehead atoms. The van der Waals surface area contributed by atoms with Crippen molar-refractivity contribution >= 4 is 0 Å². The fourth-order valence-corrected chi connectivity index (χ4v) is 1.80. The Hall–Kier alpha value is -0.860. The van der Waals surface area contributed by atoms with Gasteiger partial charge in [-0.2, -0.15) is 0 Å². The van der Waals surface area contributed by atoms with E-state index in [4.69, 9.17) is 0 Å². The summed E-state index contributed by atoms with van der Waals surface area (Å²) in [7, 11) is 0. The van der Waals surface area contributed by atoms with Crippen LogP contribution in [0.15, 0.2) is 30.3 Å². The van der Waals surface area contributed by atoms with Gasteiger partial charge in [-0.05, 0) is 18.9 Å². The average Bonchev–Trinajstić information content (AvgIpc) is 2.27. The molecule has 0 aliphatic carbocycles. The molecule has 2 atom stereocenters. The van der Waals surface area contributed by atoms with Gasteiger partial charge in [-0.1, -0.05) is 43.7 Å². The van der Waals surface area contributed by atoms with Gasteiger partial charge in [0.25, 0.3) is 0 Å². The summed E-state index contributed by atoms with van der Waals surface area (Å²) < 4.78 is 0. The number of aliphatic hydroxyl groups excluding tert-OH is 1. The third-order valence-electron chi connectivity index (χ3n) is 2.59. The van der Waals surface area contributed by atoms with E-state index in [0.717, 1.165) is 12.0 Å². The van der Waals surface area contributed by atoms with Gasteiger partial charge in [0.15, 0.2) is 0 Å². The summed E-state index contributed by atoms with van der Waals surface area (Å²) in [4.78, 5) is 0. The van der Waals surface area contributed by atoms with Gasteiger partial charge in [0.1, 0.15) is 0 Å². The lowest BCUT2D eigenvalue weighted by atomic mass is 10.1. The van der Waals surface area contributed by atoms with Crippen LogP contribution in [0.5, 0.6) is 0 Å². The second-order valence-corrected chi connectivity index (χ2v) is 4.00. The van der Waals surface area contributed by atoms with Crippen molar-refractivity contribution in [2.75, 3.05) is 6.61 Å². The first-order chi connectivity index (χ1) is 7.27. The maximum atomic E-state index is 9.33. The van der Waals surface area contributed by atoms with Crippen LogP contribution in [-0.2, 0) is 0 Å². The molecule has 1 aromatic rings. The minimum absolute atomic E-state index is 0.0627. The van der Waals surface area contributed by atoms with Gasteiger partial charge >= 0.3 is 0 Å². The fraction of sp³-hybridized carbons (Fsp3) is 0.538. The van der Waals surface area contributed by atoms with Crippen molar-refractivity contribution in [3.8, 4) is 0 Å². The van der Waals surface area contributed by atoms with Gasteiger partial charge in [0.2, 0.25) is 0 Å². The van der Waals surface area contributed by atoms with E-state index in [-0.39, 0.29) is 12.6 Å². The van der Waals surface area contributed by atoms with E-state index in [1.165, 1.54) is 6.42 Å². The second kappa shape index (κ2) is 6.59. The number of hydrogen-bond acceptors (Lipinski definition) is 2. The van der Waals surface area contributed by atoms with Crippen molar-refractivity contribution in [1.82, 2.24) is 5.32 Å². The molecule has 2 nitrogen and oxygen atoms in total. The van der Waals surface area contributed by atoms with Crippen LogP contribution in [0, 0.1) is 0 Å². The van der Waals surface area contributed by atoms with E-state index in [9.17, 15) is 5.11 Å². The molecule has 2 heteroatoms. The van der Waals surface area contributed by atoms with Crippen molar-refractivity contribution in [2.45, 2.75) is 38.8 Å². The topological polar surface area (TPSA) is 32.3 Å². The highest BCUT2D eigenvalue weighted by molar-refractivity contribution is 5.18. The normalized spacial score (nSPS) is 14.9. The first-order valence-electron chi connectivity index (χ1n) is 5.69. The average molecular weight is 207 g/mol. The highest BCUT2D eigenvalue weighted by Crippen LogP contribution is 2.13. The van der Waals surface area contributed by atoms with Crippen molar-refractivity contribution in [1.29, 1.82) is 0 Å². The summed E-state index contributed by atoms with van der Waals surface area (Å²) in [5.74, 6) is 0. The Balaban J connectivity index is 2.56. The Morgan fingerprint density at radius 1 is 1.27 bits per heavy atom. The van der Waals surface area contributed by atoms with Crippen molar-refractivity contribution in [3.05, 3.63) is 35.9 Å². The fourth-order valence-electron chi connectivity index (χ4n) is 1.80. The molecule has 0 radical (unpaired) electrons. The Kier molecular flexibility index (Phi) is 5.37. The van der Waals surface area contributed by atoms with Gasteiger partial charge in [0, 0.05) is 6.04 Å². The molecule has 0 saturated carbocycles. The SMILES string of the molecule is CCC[C@@H](C)N[C@@H](CO)c1ccccc1. The maximum absolute atomic E-state index is 9.33. The van der Waals surface area contributed by atoms with E-state index >= 15 is 0 Å². The number of hydrogen-bond donors (Lipinski definition) is 2. The van der Waals surface area contributed by atoms with Crippen LogP contribution in [0.1, 0.15) is 38.3 Å². The van der Waals surface area contributed by atoms with Gasteiger partial charge < -0.3 is 10.4 Å². The highest BCUT2D eigenvalue weighted by atomic mass is 16.3. The van der Waals surface area contributed by atoms with Crippen LogP contribution in [0.2, 0.25) is 0 Å². The van der Waals surface area contributed by atoms with Crippen LogP contribution in [0.3, 0.4) is 0 Å². The molecule has 0 saturated heterocycles. The van der Waals surface area contributed by atoms with E-state index in [1.807, 2.05) is 30.3 Å². The first-order valence-corrected chi connectivity index (χ1v) is 5.69. The number of nitrogens with one attached hydrogen (secondary N) is 1. The zero-order valence-electron chi connectivity index (χ0n) is 9.61. The summed E-state index contributed by atoms with van der Waals surface area (Å²) in [6.07, 6.45) is 2.31. The quantitative estimate of drug-likeness (QED) is 0.751. The predicted octanol–water partition coefficient (Wildman–Crippen LogP) is 2.50. The second-order valence-electron chi connectivity index (χ2n) is 4.00. The van der Waals surface area contributed by atoms with Gasteiger partial charge in [0.05, 0.1) is 12.6 Å². The molecule has 1 rings (SSSR count). The van der Waals surface area contributed by atoms with Crippen molar-refractivity contribution in [2.24, 2.45) is 0 Å². The minimum atomic E-state index is 0.0627. The molecule has 0 aromatic heterocycles. The summed E-state index contributed by atoms with van der Waals surface area (Å²) in [5, 5.41) is 12.8. The lowest BCUT2D eigenvalue weighted by Crippen LogP contribution is -2.32.